The van der Waals surface area contributed by atoms with Gasteiger partial charge in [0.25, 0.3) is 0 Å². The maximum Gasteiger partial charge on any atom is 0.156 e. The average molecular weight is 200 g/mol. The molecule has 0 aromatic carbocycles. The summed E-state index contributed by atoms with van der Waals surface area (Å²) in [6, 6.07) is 3.90. The minimum Gasteiger partial charge on any atom is -0.369 e. The lowest BCUT2D eigenvalue weighted by molar-refractivity contribution is 0.643. The normalized spacial score (nSPS) is 9.77. The van der Waals surface area contributed by atoms with Crippen molar-refractivity contribution in [2.75, 3.05) is 14.1 Å². The van der Waals surface area contributed by atoms with Crippen LogP contribution in [0.3, 0.4) is 0 Å². The molecule has 1 aromatic heterocycles. The van der Waals surface area contributed by atoms with E-state index in [-0.39, 0.29) is 12.4 Å². The number of hydrogen-bond donors (Lipinski definition) is 0. The molecule has 13 heavy (non-hydrogen) atoms. The summed E-state index contributed by atoms with van der Waals surface area (Å²) < 4.78 is 0. The van der Waals surface area contributed by atoms with Gasteiger partial charge in [0, 0.05) is 20.3 Å². The van der Waals surface area contributed by atoms with E-state index in [1.165, 1.54) is 0 Å². The van der Waals surface area contributed by atoms with E-state index in [9.17, 15) is 0 Å². The molecule has 1 rings (SSSR count). The second kappa shape index (κ2) is 5.54. The summed E-state index contributed by atoms with van der Waals surface area (Å²) in [6.45, 7) is 2.00. The Hall–Kier alpha value is -1.09. The van der Waals surface area contributed by atoms with E-state index in [1.807, 2.05) is 38.1 Å². The molecule has 0 saturated heterocycles. The lowest BCUT2D eigenvalue weighted by Gasteiger charge is -2.02. The quantitative estimate of drug-likeness (QED) is 0.539. The van der Waals surface area contributed by atoms with E-state index in [4.69, 9.17) is 0 Å². The molecule has 0 saturated carbocycles. The second-order valence-corrected chi connectivity index (χ2v) is 2.85. The zero-order valence-corrected chi connectivity index (χ0v) is 8.88. The molecule has 0 aliphatic carbocycles. The molecule has 0 fully saturated rings. The third kappa shape index (κ3) is 3.90. The molecular weight excluding hydrogens is 186 g/mol. The molecule has 4 heteroatoms. The molecule has 0 atom stereocenters. The van der Waals surface area contributed by atoms with Gasteiger partial charge in [-0.2, -0.15) is 0 Å². The number of halogens is 1. The minimum absolute atomic E-state index is 0. The highest BCUT2D eigenvalue weighted by molar-refractivity contribution is 5.85. The summed E-state index contributed by atoms with van der Waals surface area (Å²) in [5, 5.41) is 0. The average Bonchev–Trinajstić information content (AvgIpc) is 2.03. The lowest BCUT2D eigenvalue weighted by atomic mass is 10.3. The predicted octanol–water partition coefficient (Wildman–Crippen LogP) is 2.03. The fourth-order valence-corrected chi connectivity index (χ4v) is 0.783. The number of nitrogens with zero attached hydrogens (tertiary/aromatic N) is 3. The van der Waals surface area contributed by atoms with Crippen LogP contribution in [0.5, 0.6) is 0 Å². The minimum atomic E-state index is 0. The molecule has 0 aliphatic heterocycles. The Balaban J connectivity index is 0.00000144. The number of aromatic nitrogens is 1. The zero-order valence-electron chi connectivity index (χ0n) is 8.06. The standard InChI is InChI=1S/C9H13N3.ClH/c1-8-5-4-6-10-9(8)11-7-12(2)3;/h4-7H,1-3H3;1H/b11-7+;. The van der Waals surface area contributed by atoms with Crippen molar-refractivity contribution in [2.45, 2.75) is 6.92 Å². The first-order chi connectivity index (χ1) is 5.70. The van der Waals surface area contributed by atoms with Crippen LogP contribution in [0.4, 0.5) is 5.82 Å². The van der Waals surface area contributed by atoms with E-state index in [0.717, 1.165) is 11.4 Å². The fourth-order valence-electron chi connectivity index (χ4n) is 0.783. The van der Waals surface area contributed by atoms with Crippen LogP contribution in [0.25, 0.3) is 0 Å². The van der Waals surface area contributed by atoms with Gasteiger partial charge in [-0.1, -0.05) is 6.07 Å². The van der Waals surface area contributed by atoms with Crippen LogP contribution in [0.1, 0.15) is 5.56 Å². The molecule has 1 aromatic rings. The number of rotatable bonds is 2. The summed E-state index contributed by atoms with van der Waals surface area (Å²) in [4.78, 5) is 10.2. The number of aliphatic imine (C=N–C) groups is 1. The van der Waals surface area contributed by atoms with Crippen LogP contribution in [-0.2, 0) is 0 Å². The van der Waals surface area contributed by atoms with Crippen LogP contribution < -0.4 is 0 Å². The molecule has 72 valence electrons. The first kappa shape index (κ1) is 11.9. The van der Waals surface area contributed by atoms with Gasteiger partial charge in [-0.25, -0.2) is 9.98 Å². The third-order valence-corrected chi connectivity index (χ3v) is 1.39. The van der Waals surface area contributed by atoms with Gasteiger partial charge >= 0.3 is 0 Å². The Bertz CT molecular complexity index is 284. The highest BCUT2D eigenvalue weighted by Crippen LogP contribution is 2.11. The van der Waals surface area contributed by atoms with Crippen LogP contribution in [-0.4, -0.2) is 30.3 Å². The van der Waals surface area contributed by atoms with E-state index in [1.54, 1.807) is 12.5 Å². The Morgan fingerprint density at radius 3 is 2.69 bits per heavy atom. The molecule has 3 nitrogen and oxygen atoms in total. The maximum atomic E-state index is 4.20. The van der Waals surface area contributed by atoms with Gasteiger partial charge in [-0.15, -0.1) is 12.4 Å². The van der Waals surface area contributed by atoms with Crippen LogP contribution in [0.2, 0.25) is 0 Å². The number of pyridine rings is 1. The van der Waals surface area contributed by atoms with Crippen molar-refractivity contribution in [3.63, 3.8) is 0 Å². The Kier molecular flexibility index (Phi) is 5.07. The first-order valence-electron chi connectivity index (χ1n) is 3.82. The number of hydrogen-bond acceptors (Lipinski definition) is 2. The van der Waals surface area contributed by atoms with E-state index in [0.29, 0.717) is 0 Å². The van der Waals surface area contributed by atoms with Crippen molar-refractivity contribution < 1.29 is 0 Å². The van der Waals surface area contributed by atoms with E-state index in [2.05, 4.69) is 9.98 Å². The maximum absolute atomic E-state index is 4.20. The van der Waals surface area contributed by atoms with Gasteiger partial charge in [0.2, 0.25) is 0 Å². The molecular formula is C9H14ClN3. The topological polar surface area (TPSA) is 28.5 Å². The van der Waals surface area contributed by atoms with Crippen molar-refractivity contribution in [3.05, 3.63) is 23.9 Å². The molecule has 0 unspecified atom stereocenters. The summed E-state index contributed by atoms with van der Waals surface area (Å²) in [6.07, 6.45) is 3.49. The summed E-state index contributed by atoms with van der Waals surface area (Å²) >= 11 is 0. The molecule has 0 spiro atoms. The molecule has 0 N–H and O–H groups in total. The van der Waals surface area contributed by atoms with Crippen LogP contribution in [0, 0.1) is 6.92 Å². The fraction of sp³-hybridized carbons (Fsp3) is 0.333. The van der Waals surface area contributed by atoms with Crippen molar-refractivity contribution in [1.82, 2.24) is 9.88 Å². The van der Waals surface area contributed by atoms with Gasteiger partial charge < -0.3 is 4.90 Å². The molecule has 0 amide bonds. The Morgan fingerprint density at radius 2 is 2.15 bits per heavy atom. The monoisotopic (exact) mass is 199 g/mol. The van der Waals surface area contributed by atoms with Crippen molar-refractivity contribution in [3.8, 4) is 0 Å². The first-order valence-corrected chi connectivity index (χ1v) is 3.82. The highest BCUT2D eigenvalue weighted by atomic mass is 35.5. The van der Waals surface area contributed by atoms with Crippen molar-refractivity contribution >= 4 is 24.6 Å². The summed E-state index contributed by atoms with van der Waals surface area (Å²) in [5.74, 6) is 0.784. The smallest absolute Gasteiger partial charge is 0.156 e. The van der Waals surface area contributed by atoms with Crippen LogP contribution >= 0.6 is 12.4 Å². The molecule has 0 aliphatic rings. The molecule has 0 bridgehead atoms. The summed E-state index contributed by atoms with van der Waals surface area (Å²) in [7, 11) is 3.86. The van der Waals surface area contributed by atoms with Crippen molar-refractivity contribution in [2.24, 2.45) is 4.99 Å². The zero-order chi connectivity index (χ0) is 8.97. The molecule has 1 heterocycles. The van der Waals surface area contributed by atoms with Gasteiger partial charge in [-0.3, -0.25) is 0 Å². The van der Waals surface area contributed by atoms with E-state index < -0.39 is 0 Å². The van der Waals surface area contributed by atoms with Gasteiger partial charge in [0.1, 0.15) is 0 Å². The Labute approximate surface area is 84.9 Å². The molecule has 0 radical (unpaired) electrons. The van der Waals surface area contributed by atoms with Crippen LogP contribution in [0.15, 0.2) is 23.3 Å². The van der Waals surface area contributed by atoms with Crippen molar-refractivity contribution in [1.29, 1.82) is 0 Å². The van der Waals surface area contributed by atoms with Gasteiger partial charge in [0.15, 0.2) is 5.82 Å². The third-order valence-electron chi connectivity index (χ3n) is 1.39. The Morgan fingerprint density at radius 1 is 1.46 bits per heavy atom. The SMILES string of the molecule is Cc1cccnc1/N=C/N(C)C.Cl. The van der Waals surface area contributed by atoms with E-state index >= 15 is 0 Å². The number of aryl methyl sites for hydroxylation is 1. The largest absolute Gasteiger partial charge is 0.369 e. The highest BCUT2D eigenvalue weighted by Gasteiger charge is 1.92. The predicted molar refractivity (Wildman–Crippen MR) is 58.1 cm³/mol. The van der Waals surface area contributed by atoms with Gasteiger partial charge in [0.05, 0.1) is 6.34 Å². The summed E-state index contributed by atoms with van der Waals surface area (Å²) in [5.41, 5.74) is 1.09. The van der Waals surface area contributed by atoms with Gasteiger partial charge in [-0.05, 0) is 18.6 Å². The lowest BCUT2D eigenvalue weighted by Crippen LogP contribution is -2.07. The second-order valence-electron chi connectivity index (χ2n) is 2.85.